The third-order valence-electron chi connectivity index (χ3n) is 3.99. The van der Waals surface area contributed by atoms with E-state index in [4.69, 9.17) is 0 Å². The molecular weight excluding hydrogens is 326 g/mol. The van der Waals surface area contributed by atoms with Crippen molar-refractivity contribution in [1.29, 1.82) is 0 Å². The lowest BCUT2D eigenvalue weighted by Gasteiger charge is -2.24. The zero-order chi connectivity index (χ0) is 17.0. The molecule has 1 N–H and O–H groups in total. The number of hydrogen-bond donors (Lipinski definition) is 1. The Labute approximate surface area is 135 Å². The molecule has 0 unspecified atom stereocenters. The van der Waals surface area contributed by atoms with Gasteiger partial charge in [-0.3, -0.25) is 0 Å². The standard InChI is InChI=1S/C15H22F2N2O3S/c1-11(12-5-3-7-14(9-12)22-15(16)17)18-10-13-6-4-8-19(13)23(2,20)21/h3,5,7,9,11,13,15,18H,4,6,8,10H2,1-2H3/t11-,13-/m1/s1. The summed E-state index contributed by atoms with van der Waals surface area (Å²) in [7, 11) is -3.19. The number of nitrogens with zero attached hydrogens (tertiary/aromatic N) is 1. The van der Waals surface area contributed by atoms with Crippen LogP contribution in [0.25, 0.3) is 0 Å². The number of rotatable bonds is 7. The van der Waals surface area contributed by atoms with Crippen molar-refractivity contribution < 1.29 is 21.9 Å². The van der Waals surface area contributed by atoms with Crippen molar-refractivity contribution in [2.45, 2.75) is 38.5 Å². The average molecular weight is 348 g/mol. The maximum Gasteiger partial charge on any atom is 0.387 e. The fourth-order valence-electron chi connectivity index (χ4n) is 2.84. The Kier molecular flexibility index (Phi) is 5.94. The van der Waals surface area contributed by atoms with Crippen molar-refractivity contribution in [2.24, 2.45) is 0 Å². The highest BCUT2D eigenvalue weighted by Gasteiger charge is 2.31. The summed E-state index contributed by atoms with van der Waals surface area (Å²) in [6.07, 6.45) is 2.90. The molecular formula is C15H22F2N2O3S. The van der Waals surface area contributed by atoms with Gasteiger partial charge in [0, 0.05) is 25.2 Å². The van der Waals surface area contributed by atoms with E-state index in [0.717, 1.165) is 18.4 Å². The van der Waals surface area contributed by atoms with Gasteiger partial charge in [-0.25, -0.2) is 8.42 Å². The number of nitrogens with one attached hydrogen (secondary N) is 1. The number of benzene rings is 1. The van der Waals surface area contributed by atoms with Crippen molar-refractivity contribution in [3.05, 3.63) is 29.8 Å². The van der Waals surface area contributed by atoms with E-state index in [2.05, 4.69) is 10.1 Å². The maximum atomic E-state index is 12.3. The third-order valence-corrected chi connectivity index (χ3v) is 5.32. The van der Waals surface area contributed by atoms with Crippen LogP contribution >= 0.6 is 0 Å². The van der Waals surface area contributed by atoms with Gasteiger partial charge < -0.3 is 10.1 Å². The Morgan fingerprint density at radius 3 is 2.83 bits per heavy atom. The minimum Gasteiger partial charge on any atom is -0.435 e. The molecule has 1 aromatic rings. The van der Waals surface area contributed by atoms with Crippen molar-refractivity contribution >= 4 is 10.0 Å². The molecule has 1 aliphatic rings. The van der Waals surface area contributed by atoms with Crippen molar-refractivity contribution in [1.82, 2.24) is 9.62 Å². The number of alkyl halides is 2. The van der Waals surface area contributed by atoms with Crippen LogP contribution in [0.2, 0.25) is 0 Å². The Hall–Kier alpha value is -1.25. The van der Waals surface area contributed by atoms with Gasteiger partial charge >= 0.3 is 6.61 Å². The van der Waals surface area contributed by atoms with E-state index in [0.29, 0.717) is 13.1 Å². The second-order valence-corrected chi connectivity index (χ2v) is 7.69. The van der Waals surface area contributed by atoms with Crippen LogP contribution in [0.1, 0.15) is 31.4 Å². The number of ether oxygens (including phenoxy) is 1. The van der Waals surface area contributed by atoms with E-state index >= 15 is 0 Å². The average Bonchev–Trinajstić information content (AvgIpc) is 2.93. The Morgan fingerprint density at radius 2 is 2.17 bits per heavy atom. The highest BCUT2D eigenvalue weighted by atomic mass is 32.2. The highest BCUT2D eigenvalue weighted by molar-refractivity contribution is 7.88. The Morgan fingerprint density at radius 1 is 1.43 bits per heavy atom. The quantitative estimate of drug-likeness (QED) is 0.822. The van der Waals surface area contributed by atoms with Crippen LogP contribution < -0.4 is 10.1 Å². The first-order valence-electron chi connectivity index (χ1n) is 7.52. The lowest BCUT2D eigenvalue weighted by molar-refractivity contribution is -0.0499. The second kappa shape index (κ2) is 7.55. The normalized spacial score (nSPS) is 20.8. The summed E-state index contributed by atoms with van der Waals surface area (Å²) in [5.41, 5.74) is 0.812. The van der Waals surface area contributed by atoms with E-state index < -0.39 is 16.6 Å². The first kappa shape index (κ1) is 18.1. The first-order valence-corrected chi connectivity index (χ1v) is 9.37. The minimum atomic E-state index is -3.19. The molecule has 0 saturated carbocycles. The van der Waals surface area contributed by atoms with E-state index in [1.165, 1.54) is 16.6 Å². The van der Waals surface area contributed by atoms with Crippen LogP contribution in [0, 0.1) is 0 Å². The fraction of sp³-hybridized carbons (Fsp3) is 0.600. The fourth-order valence-corrected chi connectivity index (χ4v) is 4.02. The minimum absolute atomic E-state index is 0.0621. The molecule has 1 aliphatic heterocycles. The molecule has 23 heavy (non-hydrogen) atoms. The summed E-state index contributed by atoms with van der Waals surface area (Å²) in [6.45, 7) is 0.127. The smallest absolute Gasteiger partial charge is 0.387 e. The Balaban J connectivity index is 1.95. The van der Waals surface area contributed by atoms with Gasteiger partial charge in [0.25, 0.3) is 0 Å². The number of hydrogen-bond acceptors (Lipinski definition) is 4. The molecule has 5 nitrogen and oxygen atoms in total. The van der Waals surface area contributed by atoms with Gasteiger partial charge in [-0.05, 0) is 37.5 Å². The summed E-state index contributed by atoms with van der Waals surface area (Å²) in [5, 5.41) is 3.27. The van der Waals surface area contributed by atoms with Crippen LogP contribution in [0.4, 0.5) is 8.78 Å². The second-order valence-electron chi connectivity index (χ2n) is 5.75. The van der Waals surface area contributed by atoms with E-state index in [-0.39, 0.29) is 17.8 Å². The molecule has 0 amide bonds. The summed E-state index contributed by atoms with van der Waals surface area (Å²) in [4.78, 5) is 0. The molecule has 0 bridgehead atoms. The van der Waals surface area contributed by atoms with Crippen molar-refractivity contribution in [2.75, 3.05) is 19.3 Å². The monoisotopic (exact) mass is 348 g/mol. The van der Waals surface area contributed by atoms with E-state index in [9.17, 15) is 17.2 Å². The van der Waals surface area contributed by atoms with Gasteiger partial charge in [0.05, 0.1) is 6.26 Å². The first-order chi connectivity index (χ1) is 10.8. The molecule has 8 heteroatoms. The Bertz CT molecular complexity index is 625. The molecule has 0 radical (unpaired) electrons. The third kappa shape index (κ3) is 5.12. The summed E-state index contributed by atoms with van der Waals surface area (Å²) >= 11 is 0. The van der Waals surface area contributed by atoms with Gasteiger partial charge in [0.15, 0.2) is 0 Å². The largest absolute Gasteiger partial charge is 0.435 e. The molecule has 1 fully saturated rings. The van der Waals surface area contributed by atoms with Crippen molar-refractivity contribution in [3.8, 4) is 5.75 Å². The predicted molar refractivity (Wildman–Crippen MR) is 84.1 cm³/mol. The lowest BCUT2D eigenvalue weighted by Crippen LogP contribution is -2.41. The van der Waals surface area contributed by atoms with Gasteiger partial charge in [0.2, 0.25) is 10.0 Å². The molecule has 1 aromatic carbocycles. The summed E-state index contributed by atoms with van der Waals surface area (Å²) in [6, 6.07) is 6.35. The van der Waals surface area contributed by atoms with Crippen LogP contribution in [-0.4, -0.2) is 44.7 Å². The zero-order valence-electron chi connectivity index (χ0n) is 13.2. The number of sulfonamides is 1. The van der Waals surface area contributed by atoms with E-state index in [1.54, 1.807) is 12.1 Å². The van der Waals surface area contributed by atoms with Crippen LogP contribution in [0.5, 0.6) is 5.75 Å². The SMILES string of the molecule is C[C@@H](NC[C@H]1CCCN1S(C)(=O)=O)c1cccc(OC(F)F)c1. The molecule has 0 spiro atoms. The van der Waals surface area contributed by atoms with Crippen LogP contribution in [0.3, 0.4) is 0 Å². The molecule has 0 aliphatic carbocycles. The van der Waals surface area contributed by atoms with Gasteiger partial charge in [0.1, 0.15) is 5.75 Å². The topological polar surface area (TPSA) is 58.6 Å². The van der Waals surface area contributed by atoms with E-state index in [1.807, 2.05) is 13.0 Å². The van der Waals surface area contributed by atoms with Gasteiger partial charge in [-0.2, -0.15) is 13.1 Å². The molecule has 130 valence electrons. The molecule has 1 saturated heterocycles. The van der Waals surface area contributed by atoms with Gasteiger partial charge in [-0.1, -0.05) is 12.1 Å². The molecule has 0 aromatic heterocycles. The zero-order valence-corrected chi connectivity index (χ0v) is 14.0. The van der Waals surface area contributed by atoms with Crippen LogP contribution in [-0.2, 0) is 10.0 Å². The highest BCUT2D eigenvalue weighted by Crippen LogP contribution is 2.23. The summed E-state index contributed by atoms with van der Waals surface area (Å²) < 4.78 is 53.9. The molecule has 2 atom stereocenters. The van der Waals surface area contributed by atoms with Crippen molar-refractivity contribution in [3.63, 3.8) is 0 Å². The predicted octanol–water partition coefficient (Wildman–Crippen LogP) is 2.36. The number of halogens is 2. The maximum absolute atomic E-state index is 12.3. The van der Waals surface area contributed by atoms with Crippen LogP contribution in [0.15, 0.2) is 24.3 Å². The molecule has 1 heterocycles. The lowest BCUT2D eigenvalue weighted by atomic mass is 10.1. The molecule has 2 rings (SSSR count). The summed E-state index contributed by atoms with van der Waals surface area (Å²) in [5.74, 6) is 0.116. The van der Waals surface area contributed by atoms with Gasteiger partial charge in [-0.15, -0.1) is 0 Å².